The Labute approximate surface area is 234 Å². The van der Waals surface area contributed by atoms with Crippen molar-refractivity contribution in [2.24, 2.45) is 0 Å². The molecule has 8 rings (SSSR count). The molecule has 0 aliphatic heterocycles. The van der Waals surface area contributed by atoms with Crippen LogP contribution in [0.1, 0.15) is 11.1 Å². The summed E-state index contributed by atoms with van der Waals surface area (Å²) < 4.78 is 0. The van der Waals surface area contributed by atoms with Gasteiger partial charge in [0.05, 0.1) is 0 Å². The molecule has 0 amide bonds. The van der Waals surface area contributed by atoms with Gasteiger partial charge in [-0.25, -0.2) is 0 Å². The molecule has 0 saturated heterocycles. The van der Waals surface area contributed by atoms with Crippen LogP contribution in [0.3, 0.4) is 0 Å². The van der Waals surface area contributed by atoms with Crippen LogP contribution in [-0.2, 0) is 6.42 Å². The van der Waals surface area contributed by atoms with Gasteiger partial charge in [0.2, 0.25) is 0 Å². The summed E-state index contributed by atoms with van der Waals surface area (Å²) in [5.41, 5.74) is 11.5. The van der Waals surface area contributed by atoms with Gasteiger partial charge in [0.1, 0.15) is 0 Å². The van der Waals surface area contributed by atoms with Crippen LogP contribution in [0.25, 0.3) is 43.8 Å². The molecule has 0 bridgehead atoms. The fraction of sp³-hybridized carbons (Fsp3) is 0.0256. The van der Waals surface area contributed by atoms with E-state index in [1.807, 2.05) is 0 Å². The fourth-order valence-electron chi connectivity index (χ4n) is 6.46. The first-order chi connectivity index (χ1) is 19.8. The molecule has 7 aromatic rings. The molecule has 0 fully saturated rings. The molecule has 0 spiro atoms. The number of rotatable bonds is 4. The van der Waals surface area contributed by atoms with Gasteiger partial charge < -0.3 is 4.90 Å². The van der Waals surface area contributed by atoms with Crippen LogP contribution in [0.4, 0.5) is 17.1 Å². The second-order valence-electron chi connectivity index (χ2n) is 10.5. The number of hydrogen-bond acceptors (Lipinski definition) is 1. The van der Waals surface area contributed by atoms with E-state index in [9.17, 15) is 0 Å². The van der Waals surface area contributed by atoms with E-state index in [0.29, 0.717) is 0 Å². The van der Waals surface area contributed by atoms with E-state index in [1.165, 1.54) is 54.9 Å². The standard InChI is InChI=1S/C39H27N/c1-3-11-30(12-4-1)40(31-13-5-2-6-14-31)32-22-18-28(19-23-32)34-24-21-29-26-38-33-15-8-7-10-27(33)20-25-35(38)37-17-9-16-36(34)39(29)37/h1-25H,26H2. The molecule has 0 heterocycles. The largest absolute Gasteiger partial charge is 0.311 e. The third kappa shape index (κ3) is 3.63. The Morgan fingerprint density at radius 2 is 1.02 bits per heavy atom. The van der Waals surface area contributed by atoms with Gasteiger partial charge in [0, 0.05) is 17.1 Å². The molecule has 1 nitrogen and oxygen atoms in total. The topological polar surface area (TPSA) is 3.24 Å². The van der Waals surface area contributed by atoms with E-state index >= 15 is 0 Å². The zero-order valence-electron chi connectivity index (χ0n) is 22.1. The van der Waals surface area contributed by atoms with E-state index < -0.39 is 0 Å². The normalized spacial score (nSPS) is 11.9. The summed E-state index contributed by atoms with van der Waals surface area (Å²) in [6.45, 7) is 0. The summed E-state index contributed by atoms with van der Waals surface area (Å²) in [4.78, 5) is 2.31. The average molecular weight is 510 g/mol. The molecule has 7 aromatic carbocycles. The lowest BCUT2D eigenvalue weighted by molar-refractivity contribution is 1.22. The van der Waals surface area contributed by atoms with Gasteiger partial charge in [-0.1, -0.05) is 115 Å². The van der Waals surface area contributed by atoms with Crippen molar-refractivity contribution in [2.45, 2.75) is 6.42 Å². The SMILES string of the molecule is c1ccc(N(c2ccccc2)c2ccc(-c3ccc4c5c(cccc35)-c3ccc5ccccc5c3C4)cc2)cc1. The van der Waals surface area contributed by atoms with Crippen LogP contribution >= 0.6 is 0 Å². The van der Waals surface area contributed by atoms with Crippen molar-refractivity contribution >= 4 is 38.6 Å². The van der Waals surface area contributed by atoms with E-state index in [1.54, 1.807) is 0 Å². The number of fused-ring (bicyclic) bond motifs is 4. The quantitative estimate of drug-likeness (QED) is 0.228. The van der Waals surface area contributed by atoms with Crippen LogP contribution in [0, 0.1) is 0 Å². The maximum Gasteiger partial charge on any atom is 0.0462 e. The van der Waals surface area contributed by atoms with Gasteiger partial charge in [-0.2, -0.15) is 0 Å². The number of para-hydroxylation sites is 2. The summed E-state index contributed by atoms with van der Waals surface area (Å²) in [7, 11) is 0. The first kappa shape index (κ1) is 22.8. The average Bonchev–Trinajstić information content (AvgIpc) is 3.03. The Balaban J connectivity index is 1.24. The molecule has 1 aliphatic carbocycles. The van der Waals surface area contributed by atoms with E-state index in [2.05, 4.69) is 157 Å². The Morgan fingerprint density at radius 3 is 1.77 bits per heavy atom. The summed E-state index contributed by atoms with van der Waals surface area (Å²) in [6.07, 6.45) is 0.965. The third-order valence-electron chi connectivity index (χ3n) is 8.29. The highest BCUT2D eigenvalue weighted by Gasteiger charge is 2.21. The van der Waals surface area contributed by atoms with Crippen molar-refractivity contribution in [3.8, 4) is 22.3 Å². The lowest BCUT2D eigenvalue weighted by atomic mass is 9.80. The summed E-state index contributed by atoms with van der Waals surface area (Å²) >= 11 is 0. The van der Waals surface area contributed by atoms with Gasteiger partial charge in [0.15, 0.2) is 0 Å². The van der Waals surface area contributed by atoms with Crippen molar-refractivity contribution in [3.63, 3.8) is 0 Å². The van der Waals surface area contributed by atoms with E-state index in [4.69, 9.17) is 0 Å². The van der Waals surface area contributed by atoms with E-state index in [-0.39, 0.29) is 0 Å². The molecular weight excluding hydrogens is 482 g/mol. The van der Waals surface area contributed by atoms with Gasteiger partial charge in [-0.3, -0.25) is 0 Å². The second kappa shape index (κ2) is 9.25. The molecular formula is C39H27N. The van der Waals surface area contributed by atoms with Crippen molar-refractivity contribution in [1.82, 2.24) is 0 Å². The molecule has 1 aliphatic rings. The van der Waals surface area contributed by atoms with Crippen LogP contribution in [-0.4, -0.2) is 0 Å². The Morgan fingerprint density at radius 1 is 0.400 bits per heavy atom. The molecule has 1 heteroatoms. The molecule has 0 N–H and O–H groups in total. The first-order valence-corrected chi connectivity index (χ1v) is 13.9. The summed E-state index contributed by atoms with van der Waals surface area (Å²) in [6, 6.07) is 55.0. The highest BCUT2D eigenvalue weighted by atomic mass is 15.1. The van der Waals surface area contributed by atoms with Gasteiger partial charge in [0.25, 0.3) is 0 Å². The highest BCUT2D eigenvalue weighted by molar-refractivity contribution is 6.10. The number of benzene rings is 7. The van der Waals surface area contributed by atoms with Gasteiger partial charge in [-0.05, 0) is 97.7 Å². The predicted molar refractivity (Wildman–Crippen MR) is 170 cm³/mol. The highest BCUT2D eigenvalue weighted by Crippen LogP contribution is 2.45. The first-order valence-electron chi connectivity index (χ1n) is 13.9. The van der Waals surface area contributed by atoms with E-state index in [0.717, 1.165) is 23.5 Å². The number of anilines is 3. The van der Waals surface area contributed by atoms with Crippen molar-refractivity contribution in [3.05, 3.63) is 163 Å². The lowest BCUT2D eigenvalue weighted by Crippen LogP contribution is -2.09. The number of hydrogen-bond donors (Lipinski definition) is 0. The Kier molecular flexibility index (Phi) is 5.28. The van der Waals surface area contributed by atoms with Crippen molar-refractivity contribution in [1.29, 1.82) is 0 Å². The fourth-order valence-corrected chi connectivity index (χ4v) is 6.46. The van der Waals surface area contributed by atoms with Crippen LogP contribution in [0.15, 0.2) is 152 Å². The van der Waals surface area contributed by atoms with Gasteiger partial charge in [-0.15, -0.1) is 0 Å². The lowest BCUT2D eigenvalue weighted by Gasteiger charge is -2.26. The molecule has 0 aromatic heterocycles. The van der Waals surface area contributed by atoms with Crippen molar-refractivity contribution in [2.75, 3.05) is 4.90 Å². The third-order valence-corrected chi connectivity index (χ3v) is 8.29. The number of nitrogens with zero attached hydrogens (tertiary/aromatic N) is 1. The monoisotopic (exact) mass is 509 g/mol. The molecule has 0 saturated carbocycles. The minimum atomic E-state index is 0.965. The minimum Gasteiger partial charge on any atom is -0.311 e. The maximum atomic E-state index is 2.35. The summed E-state index contributed by atoms with van der Waals surface area (Å²) in [5.74, 6) is 0. The second-order valence-corrected chi connectivity index (χ2v) is 10.5. The molecule has 0 radical (unpaired) electrons. The molecule has 0 unspecified atom stereocenters. The molecule has 40 heavy (non-hydrogen) atoms. The Bertz CT molecular complexity index is 1970. The Hall–Kier alpha value is -5.14. The van der Waals surface area contributed by atoms with Crippen LogP contribution in [0.5, 0.6) is 0 Å². The minimum absolute atomic E-state index is 0.965. The van der Waals surface area contributed by atoms with Crippen LogP contribution in [0.2, 0.25) is 0 Å². The molecule has 0 atom stereocenters. The maximum absolute atomic E-state index is 2.35. The predicted octanol–water partition coefficient (Wildman–Crippen LogP) is 10.7. The zero-order valence-corrected chi connectivity index (χ0v) is 22.1. The van der Waals surface area contributed by atoms with Crippen molar-refractivity contribution < 1.29 is 0 Å². The zero-order chi connectivity index (χ0) is 26.5. The van der Waals surface area contributed by atoms with Crippen LogP contribution < -0.4 is 4.90 Å². The smallest absolute Gasteiger partial charge is 0.0462 e. The molecule has 188 valence electrons. The van der Waals surface area contributed by atoms with Gasteiger partial charge >= 0.3 is 0 Å². The summed E-state index contributed by atoms with van der Waals surface area (Å²) in [5, 5.41) is 5.39.